The van der Waals surface area contributed by atoms with E-state index < -0.39 is 35.8 Å². The number of ether oxygens (including phenoxy) is 5. The third-order valence-electron chi connectivity index (χ3n) is 21.2. The average Bonchev–Trinajstić information content (AvgIpc) is 1.70. The van der Waals surface area contributed by atoms with Crippen LogP contribution < -0.4 is 40.1 Å². The standard InChI is InChI=1S/C36H28N18O4S2.C24H26N16O4.C23H25N17O3/c1-17-27(45-47-31-19(33(55)57-3)14-41-53(31)35-43-21-9-5-7-11-23(21)59-35)29(37)51(49-17)25-13-26(40-16-39-25)52-30(38)28(18(2)50-52)46-48-32-20(34(56)58-4)15-42-54(32)36-44-22-10-6-8-12-24(22)60-36;1-11-17(29-31-21-13(23(41)43-5)8-37(3)35-21)19(25)39(33-11)15-7-16(28-10-27-15)40-20(26)18(12(2)34-40)30-32-22-14(24(42)44-6)9-38(4)36-22;1-10-16(31-33-21-12(20(26)41)7-29-37(21)3)18(24)39(35-10)14-6-15(28-9-27-14)40-19(25)17(11(2)36-40)32-34-22-13(23(42)43-5)8-30-38(22)4/h5-16H,37-38H2,1-4H3;7-10H,25-26H2,1-6H3;6-9H,24-25H2,1-5H3,(H2,26,41). The molecule has 62 nitrogen and oxygen atoms in total. The molecule has 0 bridgehead atoms. The molecule has 0 atom stereocenters. The molecular formula is C83H79N51O11S2. The first-order valence-corrected chi connectivity index (χ1v) is 44.1. The van der Waals surface area contributed by atoms with Crippen LogP contribution in [0, 0.1) is 41.5 Å². The van der Waals surface area contributed by atoms with Gasteiger partial charge in [-0.25, -0.2) is 73.2 Å². The summed E-state index contributed by atoms with van der Waals surface area (Å²) in [5.74, 6) is -1.03. The highest BCUT2D eigenvalue weighted by molar-refractivity contribution is 7.21. The van der Waals surface area contributed by atoms with Crippen LogP contribution in [0.1, 0.15) is 96.3 Å². The van der Waals surface area contributed by atoms with Crippen LogP contribution in [-0.2, 0) is 51.9 Å². The number of amides is 1. The van der Waals surface area contributed by atoms with Crippen LogP contribution in [0.3, 0.4) is 0 Å². The highest BCUT2D eigenvalue weighted by Crippen LogP contribution is 2.42. The Morgan fingerprint density at radius 3 is 0.844 bits per heavy atom. The molecule has 744 valence electrons. The van der Waals surface area contributed by atoms with E-state index >= 15 is 0 Å². The van der Waals surface area contributed by atoms with Gasteiger partial charge >= 0.3 is 29.8 Å². The second kappa shape index (κ2) is 40.6. The van der Waals surface area contributed by atoms with Crippen LogP contribution >= 0.6 is 22.7 Å². The lowest BCUT2D eigenvalue weighted by molar-refractivity contribution is 0.0592. The summed E-state index contributed by atoms with van der Waals surface area (Å²) in [5.41, 5.74) is 50.1. The van der Waals surface area contributed by atoms with Crippen molar-refractivity contribution < 1.29 is 52.5 Å². The first kappa shape index (κ1) is 97.8. The molecule has 17 heterocycles. The summed E-state index contributed by atoms with van der Waals surface area (Å²) in [6.45, 7) is 10.1. The van der Waals surface area contributed by atoms with Crippen molar-refractivity contribution >= 4 is 183 Å². The molecule has 1 amide bonds. The minimum Gasteiger partial charge on any atom is -0.465 e. The van der Waals surface area contributed by atoms with E-state index in [0.717, 1.165) is 20.4 Å². The Morgan fingerprint density at radius 1 is 0.306 bits per heavy atom. The van der Waals surface area contributed by atoms with Gasteiger partial charge in [-0.3, -0.25) is 14.2 Å². The van der Waals surface area contributed by atoms with E-state index in [2.05, 4.69) is 162 Å². The third-order valence-corrected chi connectivity index (χ3v) is 23.2. The number of hydrogen-bond acceptors (Lipinski definition) is 51. The summed E-state index contributed by atoms with van der Waals surface area (Å²) in [4.78, 5) is 108. The quantitative estimate of drug-likeness (QED) is 0.0150. The van der Waals surface area contributed by atoms with E-state index in [1.165, 1.54) is 171 Å². The smallest absolute Gasteiger partial charge is 0.343 e. The number of carbonyl (C=O) groups is 6. The van der Waals surface area contributed by atoms with E-state index in [1.54, 1.807) is 87.9 Å². The van der Waals surface area contributed by atoms with Crippen molar-refractivity contribution in [3.8, 4) is 45.2 Å². The summed E-state index contributed by atoms with van der Waals surface area (Å²) < 4.78 is 42.6. The number of fused-ring (bicyclic) bond motifs is 2. The number of thiazole rings is 2. The molecule has 0 fully saturated rings. The number of nitrogens with zero attached hydrogens (tertiary/aromatic N) is 44. The number of anilines is 6. The number of nitrogen functional groups attached to an aromatic ring is 6. The molecule has 17 aromatic heterocycles. The van der Waals surface area contributed by atoms with Gasteiger partial charge in [0.25, 0.3) is 5.91 Å². The Hall–Kier alpha value is -20.8. The van der Waals surface area contributed by atoms with Gasteiger partial charge in [-0.1, -0.05) is 46.9 Å². The second-order valence-electron chi connectivity index (χ2n) is 30.7. The van der Waals surface area contributed by atoms with E-state index in [0.29, 0.717) is 44.4 Å². The van der Waals surface area contributed by atoms with Gasteiger partial charge in [0.15, 0.2) is 127 Å². The Labute approximate surface area is 830 Å². The number of aromatic nitrogens is 32. The first-order chi connectivity index (χ1) is 70.7. The monoisotopic (exact) mass is 2030 g/mol. The first-order valence-electron chi connectivity index (χ1n) is 42.5. The minimum atomic E-state index is -0.698. The van der Waals surface area contributed by atoms with Gasteiger partial charge in [0.2, 0.25) is 21.9 Å². The molecule has 0 unspecified atom stereocenters. The molecule has 19 aromatic rings. The number of rotatable bonds is 26. The van der Waals surface area contributed by atoms with Crippen molar-refractivity contribution in [1.82, 2.24) is 157 Å². The summed E-state index contributed by atoms with van der Waals surface area (Å²) in [6, 6.07) is 19.8. The van der Waals surface area contributed by atoms with Crippen molar-refractivity contribution in [2.45, 2.75) is 41.5 Å². The Balaban J connectivity index is 0.000000154. The van der Waals surface area contributed by atoms with Gasteiger partial charge in [0.05, 0.1) is 115 Å². The number of azo groups is 6. The molecule has 19 rings (SSSR count). The maximum Gasteiger partial charge on any atom is 0.343 e. The van der Waals surface area contributed by atoms with Gasteiger partial charge in [-0.2, -0.15) is 98.6 Å². The number of esters is 5. The third kappa shape index (κ3) is 19.1. The number of nitrogens with two attached hydrogens (primary N) is 7. The Kier molecular flexibility index (Phi) is 27.0. The maximum absolute atomic E-state index is 12.7. The lowest BCUT2D eigenvalue weighted by Gasteiger charge is -2.06. The fourth-order valence-electron chi connectivity index (χ4n) is 14.0. The van der Waals surface area contributed by atoms with E-state index in [1.807, 2.05) is 48.5 Å². The van der Waals surface area contributed by atoms with Crippen LogP contribution in [0.2, 0.25) is 0 Å². The molecule has 14 N–H and O–H groups in total. The lowest BCUT2D eigenvalue weighted by Crippen LogP contribution is -2.10. The van der Waals surface area contributed by atoms with Crippen molar-refractivity contribution in [2.75, 3.05) is 70.0 Å². The highest BCUT2D eigenvalue weighted by Gasteiger charge is 2.31. The van der Waals surface area contributed by atoms with Gasteiger partial charge in [-0.15, -0.1) is 61.4 Å². The largest absolute Gasteiger partial charge is 0.465 e. The maximum atomic E-state index is 12.7. The zero-order chi connectivity index (χ0) is 104. The summed E-state index contributed by atoms with van der Waals surface area (Å²) in [6.07, 6.45) is 12.1. The molecule has 147 heavy (non-hydrogen) atoms. The van der Waals surface area contributed by atoms with Gasteiger partial charge in [-0.05, 0) is 65.8 Å². The van der Waals surface area contributed by atoms with Crippen LogP contribution in [0.5, 0.6) is 0 Å². The number of methoxy groups -OCH3 is 5. The normalized spacial score (nSPS) is 11.7. The molecule has 0 saturated carbocycles. The van der Waals surface area contributed by atoms with Crippen molar-refractivity contribution in [3.63, 3.8) is 0 Å². The Morgan fingerprint density at radius 2 is 0.558 bits per heavy atom. The minimum absolute atomic E-state index is 0.0530. The molecule has 0 aliphatic rings. The number of para-hydroxylation sites is 2. The van der Waals surface area contributed by atoms with E-state index in [9.17, 15) is 28.8 Å². The van der Waals surface area contributed by atoms with Crippen molar-refractivity contribution in [1.29, 1.82) is 0 Å². The zero-order valence-electron chi connectivity index (χ0n) is 79.6. The van der Waals surface area contributed by atoms with Crippen LogP contribution in [0.4, 0.5) is 104 Å². The van der Waals surface area contributed by atoms with E-state index in [4.69, 9.17) is 63.8 Å². The average molecular weight is 2030 g/mol. The van der Waals surface area contributed by atoms with E-state index in [-0.39, 0.29) is 172 Å². The molecule has 0 radical (unpaired) electrons. The number of benzene rings is 2. The Bertz CT molecular complexity index is 8230. The topological polar surface area (TPSA) is 796 Å². The highest BCUT2D eigenvalue weighted by atomic mass is 32.1. The molecule has 0 aliphatic carbocycles. The molecular weight excluding hydrogens is 1950 g/mol. The SMILES string of the molecule is COC(=O)c1cn(C)nc1N=Nc1c(C)nn(-c2cc(-n3nc(C)c(N=Nc4nn(C)cc4C(=O)OC)c3N)ncn2)c1N.COC(=O)c1cnn(-c2nc3ccccc3s2)c1N=Nc1c(C)nn(-c2cc(-n3nc(C)c(N=Nc4c(C(=O)OC)cnn4-c4nc5ccccc5s4)c3N)ncn2)c1N.COC(=O)c1cnn(C)c1N=Nc1c(C)nn(-c2cc(-n3nc(C)c(N=Nc4c(C(N)=O)cnn4C)c3N)ncn2)c1N. The van der Waals surface area contributed by atoms with Gasteiger partial charge in [0, 0.05) is 58.8 Å². The number of primary amides is 1. The molecule has 0 saturated heterocycles. The van der Waals surface area contributed by atoms with Crippen molar-refractivity contribution in [3.05, 3.63) is 190 Å². The van der Waals surface area contributed by atoms with Gasteiger partial charge in [0.1, 0.15) is 52.4 Å². The number of aryl methyl sites for hydroxylation is 10. The summed E-state index contributed by atoms with van der Waals surface area (Å²) in [7, 11) is 12.8. The van der Waals surface area contributed by atoms with Crippen LogP contribution in [0.25, 0.3) is 65.6 Å². The summed E-state index contributed by atoms with van der Waals surface area (Å²) in [5, 5.41) is 104. The predicted molar refractivity (Wildman–Crippen MR) is 520 cm³/mol. The van der Waals surface area contributed by atoms with Gasteiger partial charge < -0.3 is 63.8 Å². The molecule has 0 spiro atoms. The number of hydrogen-bond donors (Lipinski definition) is 7. The fourth-order valence-corrected chi connectivity index (χ4v) is 15.9. The predicted octanol–water partition coefficient (Wildman–Crippen LogP) is 10.9. The second-order valence-corrected chi connectivity index (χ2v) is 32.7. The zero-order valence-corrected chi connectivity index (χ0v) is 81.2. The summed E-state index contributed by atoms with van der Waals surface area (Å²) >= 11 is 2.73. The lowest BCUT2D eigenvalue weighted by atomic mass is 10.3. The molecule has 0 aliphatic heterocycles. The van der Waals surface area contributed by atoms with Crippen LogP contribution in [0.15, 0.2) is 184 Å². The molecule has 64 heteroatoms. The van der Waals surface area contributed by atoms with Crippen molar-refractivity contribution in [2.24, 2.45) is 95.3 Å². The fraction of sp³-hybridized carbons (Fsp3) is 0.181. The van der Waals surface area contributed by atoms with Crippen LogP contribution in [-0.4, -0.2) is 229 Å². The number of carbonyl (C=O) groups excluding carboxylic acids is 6. The molecule has 2 aromatic carbocycles.